The highest BCUT2D eigenvalue weighted by Gasteiger charge is 2.26. The third-order valence-corrected chi connectivity index (χ3v) is 4.39. The second-order valence-electron chi connectivity index (χ2n) is 6.30. The topological polar surface area (TPSA) is 101 Å². The first-order valence-corrected chi connectivity index (χ1v) is 8.58. The van der Waals surface area contributed by atoms with Crippen molar-refractivity contribution in [1.29, 1.82) is 0 Å². The van der Waals surface area contributed by atoms with Crippen LogP contribution in [-0.4, -0.2) is 28.1 Å². The van der Waals surface area contributed by atoms with Crippen LogP contribution in [-0.2, 0) is 4.79 Å². The van der Waals surface area contributed by atoms with Crippen LogP contribution in [0.4, 0.5) is 10.5 Å². The summed E-state index contributed by atoms with van der Waals surface area (Å²) in [6, 6.07) is 10.3. The number of aliphatic carboxylic acids is 1. The normalized spacial score (nSPS) is 19.4. The highest BCUT2D eigenvalue weighted by atomic mass is 16.5. The Balaban J connectivity index is 1.52. The maximum atomic E-state index is 12.2. The van der Waals surface area contributed by atoms with E-state index in [0.29, 0.717) is 42.9 Å². The Hall–Kier alpha value is -3.09. The number of hydrogen-bond donors (Lipinski definition) is 3. The number of aromatic nitrogens is 1. The van der Waals surface area contributed by atoms with Crippen molar-refractivity contribution in [1.82, 2.24) is 10.3 Å². The van der Waals surface area contributed by atoms with Gasteiger partial charge in [-0.2, -0.15) is 0 Å². The minimum Gasteiger partial charge on any atom is -0.481 e. The molecule has 7 heteroatoms. The largest absolute Gasteiger partial charge is 0.481 e. The van der Waals surface area contributed by atoms with Crippen LogP contribution >= 0.6 is 0 Å². The van der Waals surface area contributed by atoms with E-state index < -0.39 is 5.97 Å². The second kappa shape index (κ2) is 8.33. The average Bonchev–Trinajstić information content (AvgIpc) is 2.63. The van der Waals surface area contributed by atoms with Gasteiger partial charge in [0.15, 0.2) is 0 Å². The fourth-order valence-electron chi connectivity index (χ4n) is 3.02. The van der Waals surface area contributed by atoms with Gasteiger partial charge < -0.3 is 20.5 Å². The highest BCUT2D eigenvalue weighted by molar-refractivity contribution is 5.89. The zero-order valence-electron chi connectivity index (χ0n) is 14.2. The first-order valence-electron chi connectivity index (χ1n) is 8.58. The third-order valence-electron chi connectivity index (χ3n) is 4.39. The van der Waals surface area contributed by atoms with Gasteiger partial charge in [-0.15, -0.1) is 0 Å². The van der Waals surface area contributed by atoms with Gasteiger partial charge in [-0.1, -0.05) is 6.07 Å². The predicted octanol–water partition coefficient (Wildman–Crippen LogP) is 3.64. The van der Waals surface area contributed by atoms with Crippen molar-refractivity contribution < 1.29 is 19.4 Å². The van der Waals surface area contributed by atoms with Gasteiger partial charge in [-0.05, 0) is 49.9 Å². The van der Waals surface area contributed by atoms with E-state index in [1.807, 2.05) is 0 Å². The van der Waals surface area contributed by atoms with Crippen LogP contribution in [0.1, 0.15) is 25.7 Å². The molecule has 0 spiro atoms. The third kappa shape index (κ3) is 4.95. The molecule has 0 bridgehead atoms. The Morgan fingerprint density at radius 3 is 2.46 bits per heavy atom. The smallest absolute Gasteiger partial charge is 0.319 e. The summed E-state index contributed by atoms with van der Waals surface area (Å²) in [6.07, 6.45) is 5.82. The van der Waals surface area contributed by atoms with Crippen molar-refractivity contribution in [2.75, 3.05) is 5.32 Å². The number of pyridine rings is 1. The van der Waals surface area contributed by atoms with Crippen LogP contribution in [0, 0.1) is 5.92 Å². The maximum absolute atomic E-state index is 12.2. The standard InChI is InChI=1S/C19H21N3O4/c23-18(24)13-4-6-14(7-5-13)21-19(25)22-15-2-1-3-17(12-15)26-16-8-10-20-11-9-16/h1-3,8-14H,4-7H2,(H,23,24)(H2,21,22,25). The van der Waals surface area contributed by atoms with Crippen molar-refractivity contribution in [2.45, 2.75) is 31.7 Å². The first kappa shape index (κ1) is 17.7. The van der Waals surface area contributed by atoms with E-state index in [1.165, 1.54) is 0 Å². The summed E-state index contributed by atoms with van der Waals surface area (Å²) in [5.41, 5.74) is 0.619. The zero-order valence-corrected chi connectivity index (χ0v) is 14.2. The van der Waals surface area contributed by atoms with Crippen LogP contribution < -0.4 is 15.4 Å². The Kier molecular flexibility index (Phi) is 5.68. The summed E-state index contributed by atoms with van der Waals surface area (Å²) >= 11 is 0. The Morgan fingerprint density at radius 1 is 1.04 bits per heavy atom. The summed E-state index contributed by atoms with van der Waals surface area (Å²) in [6.45, 7) is 0. The van der Waals surface area contributed by atoms with Crippen LogP contribution in [0.15, 0.2) is 48.8 Å². The van der Waals surface area contributed by atoms with Crippen molar-refractivity contribution in [3.05, 3.63) is 48.8 Å². The molecule has 2 aromatic rings. The Labute approximate surface area is 151 Å². The molecule has 1 aromatic heterocycles. The van der Waals surface area contributed by atoms with E-state index in [2.05, 4.69) is 15.6 Å². The van der Waals surface area contributed by atoms with Gasteiger partial charge in [0, 0.05) is 30.2 Å². The molecule has 26 heavy (non-hydrogen) atoms. The molecule has 1 fully saturated rings. The fourth-order valence-corrected chi connectivity index (χ4v) is 3.02. The molecule has 136 valence electrons. The number of hydrogen-bond acceptors (Lipinski definition) is 4. The molecule has 1 saturated carbocycles. The molecule has 1 aliphatic rings. The number of amides is 2. The molecule has 3 rings (SSSR count). The first-order chi connectivity index (χ1) is 12.6. The number of urea groups is 1. The maximum Gasteiger partial charge on any atom is 0.319 e. The van der Waals surface area contributed by atoms with Crippen molar-refractivity contribution in [3.63, 3.8) is 0 Å². The van der Waals surface area contributed by atoms with Gasteiger partial charge in [0.2, 0.25) is 0 Å². The summed E-state index contributed by atoms with van der Waals surface area (Å²) in [4.78, 5) is 27.1. The average molecular weight is 355 g/mol. The van der Waals surface area contributed by atoms with Gasteiger partial charge in [0.05, 0.1) is 5.92 Å². The fraction of sp³-hybridized carbons (Fsp3) is 0.316. The van der Waals surface area contributed by atoms with Gasteiger partial charge in [-0.3, -0.25) is 9.78 Å². The molecule has 0 saturated heterocycles. The van der Waals surface area contributed by atoms with E-state index in [9.17, 15) is 9.59 Å². The minimum absolute atomic E-state index is 0.00171. The van der Waals surface area contributed by atoms with E-state index in [-0.39, 0.29) is 18.0 Å². The van der Waals surface area contributed by atoms with Crippen LogP contribution in [0.25, 0.3) is 0 Å². The molecule has 0 aliphatic heterocycles. The molecule has 1 aliphatic carbocycles. The van der Waals surface area contributed by atoms with Crippen molar-refractivity contribution in [3.8, 4) is 11.5 Å². The van der Waals surface area contributed by atoms with Crippen LogP contribution in [0.5, 0.6) is 11.5 Å². The lowest BCUT2D eigenvalue weighted by Gasteiger charge is -2.26. The number of carboxylic acids is 1. The quantitative estimate of drug-likeness (QED) is 0.760. The number of carboxylic acid groups (broad SMARTS) is 1. The Morgan fingerprint density at radius 2 is 1.77 bits per heavy atom. The van der Waals surface area contributed by atoms with Gasteiger partial charge >= 0.3 is 12.0 Å². The van der Waals surface area contributed by atoms with Crippen LogP contribution in [0.2, 0.25) is 0 Å². The van der Waals surface area contributed by atoms with Gasteiger partial charge in [0.1, 0.15) is 11.5 Å². The molecule has 2 amide bonds. The Bertz CT molecular complexity index is 758. The SMILES string of the molecule is O=C(Nc1cccc(Oc2ccncc2)c1)NC1CCC(C(=O)O)CC1. The summed E-state index contributed by atoms with van der Waals surface area (Å²) in [7, 11) is 0. The number of nitrogens with one attached hydrogen (secondary N) is 2. The number of anilines is 1. The highest BCUT2D eigenvalue weighted by Crippen LogP contribution is 2.25. The molecule has 1 heterocycles. The summed E-state index contributed by atoms with van der Waals surface area (Å²) in [5.74, 6) is 0.227. The number of rotatable bonds is 5. The van der Waals surface area contributed by atoms with E-state index in [0.717, 1.165) is 0 Å². The molecule has 0 radical (unpaired) electrons. The lowest BCUT2D eigenvalue weighted by molar-refractivity contribution is -0.142. The van der Waals surface area contributed by atoms with Gasteiger partial charge in [0.25, 0.3) is 0 Å². The van der Waals surface area contributed by atoms with Crippen molar-refractivity contribution >= 4 is 17.7 Å². The minimum atomic E-state index is -0.751. The molecule has 3 N–H and O–H groups in total. The summed E-state index contributed by atoms with van der Waals surface area (Å²) in [5, 5.41) is 14.7. The predicted molar refractivity (Wildman–Crippen MR) is 96.3 cm³/mol. The number of nitrogens with zero attached hydrogens (tertiary/aromatic N) is 1. The van der Waals surface area contributed by atoms with Gasteiger partial charge in [-0.25, -0.2) is 4.79 Å². The molecule has 1 aromatic carbocycles. The monoisotopic (exact) mass is 355 g/mol. The number of benzene rings is 1. The van der Waals surface area contributed by atoms with E-state index >= 15 is 0 Å². The lowest BCUT2D eigenvalue weighted by atomic mass is 9.86. The van der Waals surface area contributed by atoms with Crippen molar-refractivity contribution in [2.24, 2.45) is 5.92 Å². The van der Waals surface area contributed by atoms with E-state index in [4.69, 9.17) is 9.84 Å². The summed E-state index contributed by atoms with van der Waals surface area (Å²) < 4.78 is 5.72. The molecule has 0 atom stereocenters. The van der Waals surface area contributed by atoms with Crippen LogP contribution in [0.3, 0.4) is 0 Å². The second-order valence-corrected chi connectivity index (χ2v) is 6.30. The number of carbonyl (C=O) groups excluding carboxylic acids is 1. The molecular weight excluding hydrogens is 334 g/mol. The number of carbonyl (C=O) groups is 2. The molecule has 7 nitrogen and oxygen atoms in total. The molecule has 0 unspecified atom stereocenters. The zero-order chi connectivity index (χ0) is 18.4. The lowest BCUT2D eigenvalue weighted by Crippen LogP contribution is -2.40. The van der Waals surface area contributed by atoms with E-state index in [1.54, 1.807) is 48.8 Å². The molecular formula is C19H21N3O4. The number of ether oxygens (including phenoxy) is 1.